The van der Waals surface area contributed by atoms with Gasteiger partial charge in [0, 0.05) is 37.9 Å². The van der Waals surface area contributed by atoms with E-state index in [2.05, 4.69) is 5.10 Å². The first kappa shape index (κ1) is 19.6. The Hall–Kier alpha value is -3.12. The molecule has 3 aromatic rings. The highest BCUT2D eigenvalue weighted by Gasteiger charge is 2.23. The maximum atomic E-state index is 13.1. The van der Waals surface area contributed by atoms with E-state index in [-0.39, 0.29) is 18.4 Å². The third-order valence-corrected chi connectivity index (χ3v) is 4.55. The minimum absolute atomic E-state index is 0.0115. The van der Waals surface area contributed by atoms with E-state index in [1.54, 1.807) is 44.2 Å². The summed E-state index contributed by atoms with van der Waals surface area (Å²) < 4.78 is 1.67. The molecule has 28 heavy (non-hydrogen) atoms. The van der Waals surface area contributed by atoms with Crippen molar-refractivity contribution in [1.29, 1.82) is 0 Å². The van der Waals surface area contributed by atoms with Gasteiger partial charge in [-0.25, -0.2) is 4.68 Å². The Bertz CT molecular complexity index is 981. The molecule has 0 saturated carbocycles. The lowest BCUT2D eigenvalue weighted by Gasteiger charge is -2.19. The van der Waals surface area contributed by atoms with E-state index in [4.69, 9.17) is 11.6 Å². The molecule has 0 spiro atoms. The molecule has 0 aliphatic heterocycles. The minimum atomic E-state index is -0.276. The van der Waals surface area contributed by atoms with Gasteiger partial charge in [-0.15, -0.1) is 0 Å². The first-order chi connectivity index (χ1) is 13.4. The second-order valence-corrected chi connectivity index (χ2v) is 7.06. The normalized spacial score (nSPS) is 10.6. The van der Waals surface area contributed by atoms with E-state index in [1.165, 1.54) is 9.80 Å². The monoisotopic (exact) mass is 396 g/mol. The summed E-state index contributed by atoms with van der Waals surface area (Å²) in [4.78, 5) is 27.9. The number of nitrogens with zero attached hydrogens (tertiary/aromatic N) is 4. The topological polar surface area (TPSA) is 58.4 Å². The molecule has 7 heteroatoms. The quantitative estimate of drug-likeness (QED) is 0.664. The maximum Gasteiger partial charge on any atom is 0.257 e. The van der Waals surface area contributed by atoms with Gasteiger partial charge in [0.1, 0.15) is 5.69 Å². The van der Waals surface area contributed by atoms with E-state index in [9.17, 15) is 9.59 Å². The molecule has 0 bridgehead atoms. The molecule has 0 aliphatic rings. The van der Waals surface area contributed by atoms with Crippen LogP contribution in [0.2, 0.25) is 5.02 Å². The molecule has 2 amide bonds. The van der Waals surface area contributed by atoms with Crippen LogP contribution in [0.25, 0.3) is 16.9 Å². The number of rotatable bonds is 5. The summed E-state index contributed by atoms with van der Waals surface area (Å²) in [6.07, 6.45) is 1.69. The van der Waals surface area contributed by atoms with Crippen LogP contribution in [0.1, 0.15) is 10.4 Å². The van der Waals surface area contributed by atoms with Crippen molar-refractivity contribution in [1.82, 2.24) is 19.6 Å². The molecular weight excluding hydrogens is 376 g/mol. The van der Waals surface area contributed by atoms with E-state index >= 15 is 0 Å². The highest BCUT2D eigenvalue weighted by Crippen LogP contribution is 2.26. The molecule has 0 N–H and O–H groups in total. The van der Waals surface area contributed by atoms with Crippen molar-refractivity contribution in [2.45, 2.75) is 0 Å². The number of hydrogen-bond donors (Lipinski definition) is 0. The lowest BCUT2D eigenvalue weighted by molar-refractivity contribution is -0.129. The van der Waals surface area contributed by atoms with E-state index < -0.39 is 0 Å². The predicted octanol–water partition coefficient (Wildman–Crippen LogP) is 3.35. The number of likely N-dealkylation sites (N-methyl/N-ethyl adjacent to an activating group) is 2. The number of benzene rings is 2. The van der Waals surface area contributed by atoms with Crippen molar-refractivity contribution < 1.29 is 9.59 Å². The van der Waals surface area contributed by atoms with Gasteiger partial charge in [-0.3, -0.25) is 9.59 Å². The zero-order valence-electron chi connectivity index (χ0n) is 16.0. The lowest BCUT2D eigenvalue weighted by Crippen LogP contribution is -2.37. The van der Waals surface area contributed by atoms with Crippen LogP contribution in [-0.2, 0) is 4.79 Å². The third-order valence-electron chi connectivity index (χ3n) is 4.30. The molecular formula is C21H21ClN4O2. The number of carbonyl (C=O) groups is 2. The van der Waals surface area contributed by atoms with Crippen molar-refractivity contribution in [3.05, 3.63) is 71.4 Å². The third kappa shape index (κ3) is 4.23. The molecule has 0 saturated heterocycles. The molecule has 3 rings (SSSR count). The van der Waals surface area contributed by atoms with Crippen molar-refractivity contribution in [3.63, 3.8) is 0 Å². The Morgan fingerprint density at radius 3 is 2.25 bits per heavy atom. The molecule has 0 aliphatic carbocycles. The van der Waals surface area contributed by atoms with Crippen LogP contribution in [0.15, 0.2) is 60.8 Å². The molecule has 144 valence electrons. The summed E-state index contributed by atoms with van der Waals surface area (Å²) >= 11 is 6.00. The second-order valence-electron chi connectivity index (χ2n) is 6.63. The van der Waals surface area contributed by atoms with Crippen LogP contribution in [0, 0.1) is 0 Å². The van der Waals surface area contributed by atoms with Gasteiger partial charge in [-0.1, -0.05) is 41.9 Å². The average molecular weight is 397 g/mol. The van der Waals surface area contributed by atoms with Gasteiger partial charge >= 0.3 is 0 Å². The number of hydrogen-bond acceptors (Lipinski definition) is 3. The first-order valence-electron chi connectivity index (χ1n) is 8.73. The zero-order chi connectivity index (χ0) is 20.3. The van der Waals surface area contributed by atoms with Crippen LogP contribution >= 0.6 is 11.6 Å². The van der Waals surface area contributed by atoms with Gasteiger partial charge < -0.3 is 9.80 Å². The molecule has 2 aromatic carbocycles. The minimum Gasteiger partial charge on any atom is -0.347 e. The Morgan fingerprint density at radius 2 is 1.64 bits per heavy atom. The smallest absolute Gasteiger partial charge is 0.257 e. The Balaban J connectivity index is 2.02. The number of amides is 2. The summed E-state index contributed by atoms with van der Waals surface area (Å²) in [5, 5.41) is 5.23. The van der Waals surface area contributed by atoms with Crippen LogP contribution in [0.3, 0.4) is 0 Å². The van der Waals surface area contributed by atoms with Gasteiger partial charge in [0.05, 0.1) is 17.8 Å². The van der Waals surface area contributed by atoms with E-state index in [1.807, 2.05) is 42.5 Å². The molecule has 0 radical (unpaired) electrons. The average Bonchev–Trinajstić information content (AvgIpc) is 3.13. The Labute approximate surface area is 168 Å². The SMILES string of the molecule is CN(C)C(=O)CN(C)C(=O)c1cn(-c2ccccc2)nc1-c1ccc(Cl)cc1. The standard InChI is InChI=1S/C21H21ClN4O2/c1-24(2)19(27)14-25(3)21(28)18-13-26(17-7-5-4-6-8-17)23-20(18)15-9-11-16(22)12-10-15/h4-13H,14H2,1-3H3. The number of aromatic nitrogens is 2. The summed E-state index contributed by atoms with van der Waals surface area (Å²) in [7, 11) is 4.93. The van der Waals surface area contributed by atoms with Gasteiger partial charge in [0.2, 0.25) is 5.91 Å². The predicted molar refractivity (Wildman–Crippen MR) is 110 cm³/mol. The molecule has 1 heterocycles. The molecule has 0 atom stereocenters. The summed E-state index contributed by atoms with van der Waals surface area (Å²) in [5.74, 6) is -0.429. The fourth-order valence-electron chi connectivity index (χ4n) is 2.69. The van der Waals surface area contributed by atoms with Gasteiger partial charge in [-0.05, 0) is 24.3 Å². The summed E-state index contributed by atoms with van der Waals surface area (Å²) in [5.41, 5.74) is 2.56. The van der Waals surface area contributed by atoms with Gasteiger partial charge in [0.15, 0.2) is 0 Å². The largest absolute Gasteiger partial charge is 0.347 e. The van der Waals surface area contributed by atoms with Crippen LogP contribution in [0.4, 0.5) is 0 Å². The second kappa shape index (κ2) is 8.27. The van der Waals surface area contributed by atoms with Crippen molar-refractivity contribution in [2.75, 3.05) is 27.7 Å². The van der Waals surface area contributed by atoms with Gasteiger partial charge in [-0.2, -0.15) is 5.10 Å². The molecule has 0 unspecified atom stereocenters. The Morgan fingerprint density at radius 1 is 1.00 bits per heavy atom. The molecule has 6 nitrogen and oxygen atoms in total. The number of halogens is 1. The van der Waals surface area contributed by atoms with Crippen molar-refractivity contribution in [3.8, 4) is 16.9 Å². The van der Waals surface area contributed by atoms with Crippen LogP contribution in [-0.4, -0.2) is 59.1 Å². The molecule has 1 aromatic heterocycles. The Kier molecular flexibility index (Phi) is 5.80. The zero-order valence-corrected chi connectivity index (χ0v) is 16.7. The maximum absolute atomic E-state index is 13.1. The number of carbonyl (C=O) groups excluding carboxylic acids is 2. The van der Waals surface area contributed by atoms with Gasteiger partial charge in [0.25, 0.3) is 5.91 Å². The van der Waals surface area contributed by atoms with Crippen molar-refractivity contribution in [2.24, 2.45) is 0 Å². The lowest BCUT2D eigenvalue weighted by atomic mass is 10.1. The van der Waals surface area contributed by atoms with Crippen molar-refractivity contribution >= 4 is 23.4 Å². The fraction of sp³-hybridized carbons (Fsp3) is 0.190. The van der Waals surface area contributed by atoms with E-state index in [0.29, 0.717) is 16.3 Å². The fourth-order valence-corrected chi connectivity index (χ4v) is 2.81. The van der Waals surface area contributed by atoms with Crippen LogP contribution in [0.5, 0.6) is 0 Å². The highest BCUT2D eigenvalue weighted by atomic mass is 35.5. The molecule has 0 fully saturated rings. The van der Waals surface area contributed by atoms with Crippen LogP contribution < -0.4 is 0 Å². The van der Waals surface area contributed by atoms with E-state index in [0.717, 1.165) is 11.3 Å². The highest BCUT2D eigenvalue weighted by molar-refractivity contribution is 6.30. The summed E-state index contributed by atoms with van der Waals surface area (Å²) in [6.45, 7) is -0.0115. The first-order valence-corrected chi connectivity index (χ1v) is 9.11. The summed E-state index contributed by atoms with van der Waals surface area (Å²) in [6, 6.07) is 16.7. The number of para-hydroxylation sites is 1.